The van der Waals surface area contributed by atoms with Gasteiger partial charge in [-0.1, -0.05) is 78.1 Å². The Morgan fingerprint density at radius 2 is 1.52 bits per heavy atom. The third-order valence-corrected chi connectivity index (χ3v) is 4.98. The van der Waals surface area contributed by atoms with Crippen LogP contribution in [0, 0.1) is 12.8 Å². The summed E-state index contributed by atoms with van der Waals surface area (Å²) in [5, 5.41) is 2.05. The molecule has 10 heteroatoms. The van der Waals surface area contributed by atoms with Crippen LogP contribution in [0.25, 0.3) is 11.5 Å². The summed E-state index contributed by atoms with van der Waals surface area (Å²) in [5.41, 5.74) is 13.5. The van der Waals surface area contributed by atoms with Crippen LogP contribution < -0.4 is 10.9 Å². The van der Waals surface area contributed by atoms with E-state index in [-0.39, 0.29) is 44.2 Å². The van der Waals surface area contributed by atoms with Gasteiger partial charge in [0.1, 0.15) is 5.95 Å². The van der Waals surface area contributed by atoms with Gasteiger partial charge in [0.25, 0.3) is 5.56 Å². The molecule has 0 aliphatic heterocycles. The van der Waals surface area contributed by atoms with Crippen molar-refractivity contribution >= 4 is 18.1 Å². The number of ether oxygens (including phenoxy) is 1. The molecule has 1 radical (unpaired) electrons. The molecule has 1 heterocycles. The molecule has 1 aromatic heterocycles. The van der Waals surface area contributed by atoms with Crippen LogP contribution in [0.5, 0.6) is 0 Å². The molecule has 0 fully saturated rings. The van der Waals surface area contributed by atoms with Crippen LogP contribution in [0.3, 0.4) is 0 Å². The Hall–Kier alpha value is -1.48. The number of hydrogen-bond acceptors (Lipinski definition) is 5. The Kier molecular flexibility index (Phi) is 22.8. The van der Waals surface area contributed by atoms with Gasteiger partial charge in [-0.2, -0.15) is 0 Å². The van der Waals surface area contributed by atoms with Crippen LogP contribution in [0.15, 0.2) is 10.9 Å². The average Bonchev–Trinajstić information content (AvgIpc) is 2.70. The van der Waals surface area contributed by atoms with E-state index >= 15 is 0 Å². The minimum Gasteiger partial charge on any atom is -0.632 e. The predicted octanol–water partition coefficient (Wildman–Crippen LogP) is 7.17. The largest absolute Gasteiger partial charge is 0.632 e. The molecule has 3 amide bonds. The van der Waals surface area contributed by atoms with Gasteiger partial charge in [0.2, 0.25) is 6.09 Å². The number of nitrogens with zero attached hydrogens (tertiary/aromatic N) is 1. The number of carbonyl (C=O) groups excluding carboxylic acids is 2. The van der Waals surface area contributed by atoms with Crippen LogP contribution in [0.4, 0.5) is 15.5 Å². The Bertz CT molecular complexity index is 700. The van der Waals surface area contributed by atoms with Crippen LogP contribution >= 0.6 is 0 Å². The molecule has 9 nitrogen and oxygen atoms in total. The van der Waals surface area contributed by atoms with Crippen molar-refractivity contribution in [3.8, 4) is 0 Å². The number of aryl methyl sites for hydroxylation is 1. The van der Waals surface area contributed by atoms with Crippen LogP contribution in [0.1, 0.15) is 96.6 Å². The zero-order valence-corrected chi connectivity index (χ0v) is 23.3. The van der Waals surface area contributed by atoms with E-state index in [4.69, 9.17) is 16.2 Å². The van der Waals surface area contributed by atoms with E-state index in [2.05, 4.69) is 23.8 Å². The number of aromatic amines is 1. The minimum absolute atomic E-state index is 0. The number of urea groups is 1. The van der Waals surface area contributed by atoms with Gasteiger partial charge in [0.05, 0.1) is 6.61 Å². The predicted molar refractivity (Wildman–Crippen MR) is 129 cm³/mol. The maximum atomic E-state index is 10.8. The van der Waals surface area contributed by atoms with Crippen LogP contribution in [-0.4, -0.2) is 28.7 Å². The van der Waals surface area contributed by atoms with Gasteiger partial charge in [0, 0.05) is 44.5 Å². The molecule has 0 aromatic carbocycles. The van der Waals surface area contributed by atoms with E-state index in [1.165, 1.54) is 70.3 Å². The molecule has 1 unspecified atom stereocenters. The van der Waals surface area contributed by atoms with Crippen molar-refractivity contribution in [3.05, 3.63) is 33.6 Å². The second kappa shape index (κ2) is 22.3. The van der Waals surface area contributed by atoms with Crippen molar-refractivity contribution < 1.29 is 47.0 Å². The maximum Gasteiger partial charge on any atom is 0.251 e. The number of aromatic nitrogens is 2. The summed E-state index contributed by atoms with van der Waals surface area (Å²) in [7, 11) is 0. The topological polar surface area (TPSA) is 149 Å². The van der Waals surface area contributed by atoms with Gasteiger partial charge in [0.15, 0.2) is 6.03 Å². The van der Waals surface area contributed by atoms with Crippen molar-refractivity contribution in [2.24, 2.45) is 5.92 Å². The monoisotopic (exact) mass is 540 g/mol. The average molecular weight is 541 g/mol. The molecular formula is C23H41N5O4Y-2. The first-order chi connectivity index (χ1) is 15.3. The number of H-pyrrole nitrogens is 1. The number of anilines is 1. The molecule has 187 valence electrons. The third kappa shape index (κ3) is 22.1. The normalized spacial score (nSPS) is 10.9. The van der Waals surface area contributed by atoms with Crippen molar-refractivity contribution in [2.75, 3.05) is 11.9 Å². The molecule has 4 N–H and O–H groups in total. The first-order valence-corrected chi connectivity index (χ1v) is 11.8. The number of carbonyl (C=O) groups is 2. The number of rotatable bonds is 15. The molecule has 0 spiro atoms. The molecule has 33 heavy (non-hydrogen) atoms. The van der Waals surface area contributed by atoms with Gasteiger partial charge in [-0.05, 0) is 25.7 Å². The van der Waals surface area contributed by atoms with E-state index in [1.807, 2.05) is 5.32 Å². The SMILES string of the molecule is CCCCCCCCC(CCCCCC)COC([NH-])=O.Cc1cc(=O)[nH]c(NC([NH-])=O)n1.[Y]. The maximum absolute atomic E-state index is 10.8. The Morgan fingerprint density at radius 3 is 2.00 bits per heavy atom. The second-order valence-electron chi connectivity index (χ2n) is 8.06. The van der Waals surface area contributed by atoms with E-state index in [1.54, 1.807) is 6.92 Å². The number of amides is 3. The minimum atomic E-state index is -1.01. The second-order valence-corrected chi connectivity index (χ2v) is 8.06. The third-order valence-electron chi connectivity index (χ3n) is 4.98. The fourth-order valence-electron chi connectivity index (χ4n) is 3.32. The molecule has 1 rings (SSSR count). The van der Waals surface area contributed by atoms with Crippen molar-refractivity contribution in [1.82, 2.24) is 9.97 Å². The summed E-state index contributed by atoms with van der Waals surface area (Å²) in [6, 6.07) is 0.281. The first-order valence-electron chi connectivity index (χ1n) is 11.8. The van der Waals surface area contributed by atoms with Gasteiger partial charge >= 0.3 is 0 Å². The van der Waals surface area contributed by atoms with E-state index < -0.39 is 12.1 Å². The van der Waals surface area contributed by atoms with E-state index in [0.29, 0.717) is 18.2 Å². The number of nitrogens with one attached hydrogen (secondary N) is 4. The number of unbranched alkanes of at least 4 members (excludes halogenated alkanes) is 8. The molecular weight excluding hydrogens is 499 g/mol. The van der Waals surface area contributed by atoms with E-state index in [0.717, 1.165) is 12.8 Å². The van der Waals surface area contributed by atoms with Gasteiger partial charge in [-0.25, -0.2) is 4.98 Å². The van der Waals surface area contributed by atoms with Gasteiger partial charge < -0.3 is 26.5 Å². The summed E-state index contributed by atoms with van der Waals surface area (Å²) in [4.78, 5) is 37.7. The smallest absolute Gasteiger partial charge is 0.251 e. The number of hydrogen-bond donors (Lipinski definition) is 2. The zero-order valence-electron chi connectivity index (χ0n) is 20.5. The Morgan fingerprint density at radius 1 is 1.00 bits per heavy atom. The zero-order chi connectivity index (χ0) is 24.2. The summed E-state index contributed by atoms with van der Waals surface area (Å²) < 4.78 is 4.88. The summed E-state index contributed by atoms with van der Waals surface area (Å²) in [6.45, 7) is 6.52. The van der Waals surface area contributed by atoms with Crippen molar-refractivity contribution in [1.29, 1.82) is 0 Å². The first kappa shape index (κ1) is 33.7. The van der Waals surface area contributed by atoms with Gasteiger partial charge in [-0.3, -0.25) is 14.4 Å². The standard InChI is InChI=1S/C17H35NO2.C6H8N4O2.Y/c1-3-5-7-9-10-12-14-16(15-20-17(18)19)13-11-8-6-4-2;1-3-2-4(11)9-6(8-3)10-5(7)12;/h16H,3-15H2,1-2H3,(H2,18,19);2H,1H3,(H4,7,8,9,10,11,12);/p-2. The fraction of sp³-hybridized carbons (Fsp3) is 0.739. The fourth-order valence-corrected chi connectivity index (χ4v) is 3.32. The van der Waals surface area contributed by atoms with Crippen LogP contribution in [0.2, 0.25) is 0 Å². The van der Waals surface area contributed by atoms with Gasteiger partial charge in [-0.15, -0.1) is 0 Å². The van der Waals surface area contributed by atoms with E-state index in [9.17, 15) is 14.4 Å². The Labute approximate surface area is 223 Å². The molecule has 0 aliphatic rings. The molecule has 0 aliphatic carbocycles. The molecule has 0 bridgehead atoms. The van der Waals surface area contributed by atoms with Crippen molar-refractivity contribution in [2.45, 2.75) is 97.8 Å². The molecule has 1 aromatic rings. The molecule has 0 saturated heterocycles. The summed E-state index contributed by atoms with van der Waals surface area (Å²) in [5.74, 6) is 0.465. The summed E-state index contributed by atoms with van der Waals surface area (Å²) >= 11 is 0. The van der Waals surface area contributed by atoms with Crippen LogP contribution in [-0.2, 0) is 37.4 Å². The molecule has 0 saturated carbocycles. The molecule has 1 atom stereocenters. The summed E-state index contributed by atoms with van der Waals surface area (Å²) in [6.07, 6.45) is 14.3. The van der Waals surface area contributed by atoms with Crippen molar-refractivity contribution in [3.63, 3.8) is 0 Å². The Balaban J connectivity index is 0. The quantitative estimate of drug-likeness (QED) is 0.226.